The first-order valence-electron chi connectivity index (χ1n) is 19.8. The molecule has 1 aliphatic rings. The fourth-order valence-electron chi connectivity index (χ4n) is 6.41. The van der Waals surface area contributed by atoms with Crippen LogP contribution < -0.4 is 15.4 Å². The van der Waals surface area contributed by atoms with Gasteiger partial charge < -0.3 is 39.4 Å². The van der Waals surface area contributed by atoms with E-state index in [9.17, 15) is 24.0 Å². The van der Waals surface area contributed by atoms with Crippen LogP contribution in [0.3, 0.4) is 0 Å². The van der Waals surface area contributed by atoms with Gasteiger partial charge in [0.25, 0.3) is 0 Å². The van der Waals surface area contributed by atoms with Crippen molar-refractivity contribution in [3.63, 3.8) is 0 Å². The second-order valence-electron chi connectivity index (χ2n) is 16.6. The number of carbonyl (C=O) groups is 5. The molecule has 2 aromatic rings. The first-order chi connectivity index (χ1) is 27.2. The van der Waals surface area contributed by atoms with E-state index >= 15 is 0 Å². The number of carbonyl (C=O) groups excluding carboxylic acids is 5. The summed E-state index contributed by atoms with van der Waals surface area (Å²) in [5, 5.41) is 5.63. The van der Waals surface area contributed by atoms with Gasteiger partial charge in [-0.25, -0.2) is 9.59 Å². The molecule has 318 valence electrons. The molecule has 2 N–H and O–H groups in total. The van der Waals surface area contributed by atoms with Crippen LogP contribution in [0.15, 0.2) is 54.6 Å². The van der Waals surface area contributed by atoms with Crippen molar-refractivity contribution in [1.29, 1.82) is 0 Å². The summed E-state index contributed by atoms with van der Waals surface area (Å²) in [6, 6.07) is 13.4. The van der Waals surface area contributed by atoms with Crippen LogP contribution in [0.1, 0.15) is 79.4 Å². The Kier molecular flexibility index (Phi) is 17.4. The van der Waals surface area contributed by atoms with E-state index < -0.39 is 65.5 Å². The molecule has 2 aromatic carbocycles. The van der Waals surface area contributed by atoms with Gasteiger partial charge in [0.2, 0.25) is 17.7 Å². The average Bonchev–Trinajstić information content (AvgIpc) is 3.63. The van der Waals surface area contributed by atoms with Crippen molar-refractivity contribution in [3.8, 4) is 18.1 Å². The summed E-state index contributed by atoms with van der Waals surface area (Å²) in [7, 11) is 3.02. The van der Waals surface area contributed by atoms with Gasteiger partial charge in [-0.3, -0.25) is 19.3 Å². The molecule has 14 nitrogen and oxygen atoms in total. The fraction of sp³-hybridized carbons (Fsp3) is 0.568. The van der Waals surface area contributed by atoms with Crippen molar-refractivity contribution in [2.45, 2.75) is 123 Å². The molecular formula is C44H63N5O9. The number of likely N-dealkylation sites (N-methyl/N-ethyl adjacent to an activating group) is 1. The Morgan fingerprint density at radius 3 is 2.14 bits per heavy atom. The minimum Gasteiger partial charge on any atom is -0.497 e. The van der Waals surface area contributed by atoms with Crippen LogP contribution >= 0.6 is 0 Å². The van der Waals surface area contributed by atoms with E-state index in [4.69, 9.17) is 25.4 Å². The van der Waals surface area contributed by atoms with Crippen LogP contribution in [0.5, 0.6) is 5.75 Å². The fourth-order valence-corrected chi connectivity index (χ4v) is 6.41. The molecule has 0 bridgehead atoms. The van der Waals surface area contributed by atoms with Crippen molar-refractivity contribution in [1.82, 2.24) is 25.3 Å². The molecular weight excluding hydrogens is 743 g/mol. The largest absolute Gasteiger partial charge is 0.497 e. The summed E-state index contributed by atoms with van der Waals surface area (Å²) in [5.41, 5.74) is 0.229. The molecule has 5 atom stereocenters. The van der Waals surface area contributed by atoms with Crippen LogP contribution in [-0.4, -0.2) is 126 Å². The Balaban J connectivity index is 1.94. The average molecular weight is 806 g/mol. The highest BCUT2D eigenvalue weighted by Gasteiger charge is 2.40. The van der Waals surface area contributed by atoms with Gasteiger partial charge in [0.1, 0.15) is 41.7 Å². The molecule has 0 spiro atoms. The number of amides is 5. The van der Waals surface area contributed by atoms with E-state index in [2.05, 4.69) is 16.6 Å². The lowest BCUT2D eigenvalue weighted by molar-refractivity contribution is -0.143. The number of ether oxygens (including phenoxy) is 4. The monoisotopic (exact) mass is 805 g/mol. The maximum atomic E-state index is 14.7. The molecule has 5 amide bonds. The molecule has 1 aliphatic heterocycles. The van der Waals surface area contributed by atoms with Crippen molar-refractivity contribution < 1.29 is 42.9 Å². The lowest BCUT2D eigenvalue weighted by atomic mass is 10.0. The predicted octanol–water partition coefficient (Wildman–Crippen LogP) is 4.97. The molecule has 0 aliphatic carbocycles. The highest BCUT2D eigenvalue weighted by Crippen LogP contribution is 2.23. The first kappa shape index (κ1) is 47.1. The number of nitrogens with zero attached hydrogens (tertiary/aromatic N) is 3. The Morgan fingerprint density at radius 1 is 0.914 bits per heavy atom. The Hall–Kier alpha value is -5.29. The van der Waals surface area contributed by atoms with E-state index in [1.165, 1.54) is 14.0 Å². The number of methoxy groups -OCH3 is 1. The first-order valence-corrected chi connectivity index (χ1v) is 19.8. The Morgan fingerprint density at radius 2 is 1.55 bits per heavy atom. The Labute approximate surface area is 344 Å². The van der Waals surface area contributed by atoms with Gasteiger partial charge >= 0.3 is 12.2 Å². The molecule has 0 unspecified atom stereocenters. The van der Waals surface area contributed by atoms with Gasteiger partial charge in [0.05, 0.1) is 13.2 Å². The predicted molar refractivity (Wildman–Crippen MR) is 221 cm³/mol. The van der Waals surface area contributed by atoms with Crippen LogP contribution in [-0.2, 0) is 41.4 Å². The number of benzene rings is 2. The van der Waals surface area contributed by atoms with E-state index in [0.717, 1.165) is 16.0 Å². The lowest BCUT2D eigenvalue weighted by Gasteiger charge is -2.36. The van der Waals surface area contributed by atoms with Gasteiger partial charge in [-0.15, -0.1) is 6.42 Å². The third kappa shape index (κ3) is 14.9. The lowest BCUT2D eigenvalue weighted by Crippen LogP contribution is -2.60. The van der Waals surface area contributed by atoms with Crippen LogP contribution in [0.2, 0.25) is 0 Å². The summed E-state index contributed by atoms with van der Waals surface area (Å²) in [6.45, 7) is 14.3. The van der Waals surface area contributed by atoms with Gasteiger partial charge in [0, 0.05) is 39.1 Å². The quantitative estimate of drug-likeness (QED) is 0.211. The maximum absolute atomic E-state index is 14.7. The second-order valence-corrected chi connectivity index (χ2v) is 16.6. The minimum absolute atomic E-state index is 0.0976. The third-order valence-corrected chi connectivity index (χ3v) is 9.61. The van der Waals surface area contributed by atoms with E-state index in [-0.39, 0.29) is 25.5 Å². The summed E-state index contributed by atoms with van der Waals surface area (Å²) in [4.78, 5) is 73.4. The van der Waals surface area contributed by atoms with Gasteiger partial charge in [-0.05, 0) is 97.9 Å². The summed E-state index contributed by atoms with van der Waals surface area (Å²) in [5.74, 6) is 1.72. The highest BCUT2D eigenvalue weighted by molar-refractivity contribution is 5.92. The molecule has 0 radical (unpaired) electrons. The van der Waals surface area contributed by atoms with E-state index in [1.807, 2.05) is 42.5 Å². The number of alkyl carbamates (subject to hydrolysis) is 1. The zero-order valence-electron chi connectivity index (χ0n) is 35.8. The maximum Gasteiger partial charge on any atom is 0.410 e. The second kappa shape index (κ2) is 21.5. The molecule has 14 heteroatoms. The topological polar surface area (TPSA) is 156 Å². The molecule has 58 heavy (non-hydrogen) atoms. The number of terminal acetylenes is 1. The van der Waals surface area contributed by atoms with Crippen molar-refractivity contribution >= 4 is 29.9 Å². The van der Waals surface area contributed by atoms with Gasteiger partial charge in [-0.1, -0.05) is 48.4 Å². The molecule has 1 saturated heterocycles. The molecule has 1 heterocycles. The SMILES string of the molecule is C#CCO[C@H](C)[C@H](NC(=O)[C@H](C)N(C)C(=O)OC(C)(C)C)C(=O)N1CCC[C@H]1CN(CCc1ccccc1)C(=O)[C@@H](Cc1ccc(OC)cc1)NC(=O)OC(C)(C)C. The number of rotatable bonds is 17. The molecule has 3 rings (SSSR count). The molecule has 0 aromatic heterocycles. The highest BCUT2D eigenvalue weighted by atomic mass is 16.6. The van der Waals surface area contributed by atoms with Crippen LogP contribution in [0.25, 0.3) is 0 Å². The van der Waals surface area contributed by atoms with E-state index in [0.29, 0.717) is 38.1 Å². The summed E-state index contributed by atoms with van der Waals surface area (Å²) < 4.78 is 22.1. The number of nitrogens with one attached hydrogen (secondary N) is 2. The number of likely N-dealkylation sites (tertiary alicyclic amines) is 1. The zero-order valence-corrected chi connectivity index (χ0v) is 35.8. The van der Waals surface area contributed by atoms with Crippen LogP contribution in [0.4, 0.5) is 9.59 Å². The van der Waals surface area contributed by atoms with Crippen LogP contribution in [0, 0.1) is 12.3 Å². The van der Waals surface area contributed by atoms with E-state index in [1.54, 1.807) is 77.5 Å². The minimum atomic E-state index is -1.17. The zero-order chi connectivity index (χ0) is 43.2. The normalized spacial score (nSPS) is 16.2. The van der Waals surface area contributed by atoms with Gasteiger partial charge in [0.15, 0.2) is 0 Å². The molecule has 0 saturated carbocycles. The summed E-state index contributed by atoms with van der Waals surface area (Å²) in [6.07, 6.45) is 5.15. The third-order valence-electron chi connectivity index (χ3n) is 9.61. The van der Waals surface area contributed by atoms with Gasteiger partial charge in [-0.2, -0.15) is 0 Å². The van der Waals surface area contributed by atoms with Crippen molar-refractivity contribution in [3.05, 3.63) is 65.7 Å². The number of hydrogen-bond acceptors (Lipinski definition) is 9. The standard InChI is InChI=1S/C44H63N5O9/c1-12-27-56-31(3)37(46-38(50)30(2)47(10)42(54)58-44(7,8)9)40(52)49-25-16-19-34(49)29-48(26-24-32-17-14-13-15-18-32)39(51)36(45-41(53)57-43(4,5)6)28-33-20-22-35(55-11)23-21-33/h1,13-15,17-18,20-23,30-31,34,36-37H,16,19,24-29H2,2-11H3,(H,45,53)(H,46,50)/t30-,31+,34-,36+,37-/m0/s1. The smallest absolute Gasteiger partial charge is 0.410 e. The van der Waals surface area contributed by atoms with Crippen molar-refractivity contribution in [2.75, 3.05) is 40.4 Å². The molecule has 1 fully saturated rings. The number of hydrogen-bond donors (Lipinski definition) is 2. The Bertz CT molecular complexity index is 1720. The van der Waals surface area contributed by atoms with Crippen molar-refractivity contribution in [2.24, 2.45) is 0 Å². The summed E-state index contributed by atoms with van der Waals surface area (Å²) >= 11 is 0.